The summed E-state index contributed by atoms with van der Waals surface area (Å²) in [7, 11) is 2.25. The van der Waals surface area contributed by atoms with E-state index in [2.05, 4.69) is 58.0 Å². The summed E-state index contributed by atoms with van der Waals surface area (Å²) < 4.78 is 0. The van der Waals surface area contributed by atoms with E-state index < -0.39 is 0 Å². The van der Waals surface area contributed by atoms with E-state index >= 15 is 0 Å². The van der Waals surface area contributed by atoms with Gasteiger partial charge in [0.05, 0.1) is 6.54 Å². The molecule has 2 aromatic rings. The molecule has 1 fully saturated rings. The number of likely N-dealkylation sites (N-methyl/N-ethyl adjacent to an activating group) is 1. The third-order valence-electron chi connectivity index (χ3n) is 5.75. The Hall–Kier alpha value is -1.65. The number of rotatable bonds is 4. The summed E-state index contributed by atoms with van der Waals surface area (Å²) in [6.07, 6.45) is 6.98. The van der Waals surface area contributed by atoms with Gasteiger partial charge in [0, 0.05) is 30.5 Å². The highest BCUT2D eigenvalue weighted by Crippen LogP contribution is 2.28. The predicted octanol–water partition coefficient (Wildman–Crippen LogP) is 2.78. The molecule has 4 heteroatoms. The van der Waals surface area contributed by atoms with Gasteiger partial charge in [-0.2, -0.15) is 0 Å². The molecular weight excluding hydrogens is 296 g/mol. The van der Waals surface area contributed by atoms with Crippen LogP contribution in [0.3, 0.4) is 0 Å². The first kappa shape index (κ1) is 15.9. The minimum absolute atomic E-state index is 0.632. The van der Waals surface area contributed by atoms with Gasteiger partial charge in [-0.25, -0.2) is 4.98 Å². The lowest BCUT2D eigenvalue weighted by Gasteiger charge is -2.40. The number of nitrogens with zero attached hydrogens (tertiary/aromatic N) is 3. The Morgan fingerprint density at radius 2 is 2.00 bits per heavy atom. The van der Waals surface area contributed by atoms with Crippen LogP contribution in [0.4, 0.5) is 0 Å². The molecule has 1 aliphatic heterocycles. The first-order valence-electron chi connectivity index (χ1n) is 9.20. The van der Waals surface area contributed by atoms with Crippen LogP contribution in [0.15, 0.2) is 30.5 Å². The third-order valence-corrected chi connectivity index (χ3v) is 5.75. The van der Waals surface area contributed by atoms with Crippen LogP contribution in [-0.2, 0) is 19.4 Å². The molecule has 0 bridgehead atoms. The molecule has 0 saturated carbocycles. The molecule has 2 aliphatic rings. The van der Waals surface area contributed by atoms with Gasteiger partial charge < -0.3 is 4.98 Å². The van der Waals surface area contributed by atoms with E-state index in [1.54, 1.807) is 11.1 Å². The number of likely N-dealkylation sites (tertiary alicyclic amines) is 1. The molecule has 1 aromatic carbocycles. The van der Waals surface area contributed by atoms with E-state index in [0.717, 1.165) is 18.1 Å². The van der Waals surface area contributed by atoms with Gasteiger partial charge in [-0.1, -0.05) is 24.3 Å². The molecule has 1 saturated heterocycles. The average Bonchev–Trinajstić information content (AvgIpc) is 3.21. The highest BCUT2D eigenvalue weighted by molar-refractivity contribution is 5.33. The van der Waals surface area contributed by atoms with Gasteiger partial charge in [0.2, 0.25) is 0 Å². The largest absolute Gasteiger partial charge is 0.345 e. The maximum absolute atomic E-state index is 4.46. The summed E-state index contributed by atoms with van der Waals surface area (Å²) >= 11 is 0. The van der Waals surface area contributed by atoms with Crippen LogP contribution in [0.5, 0.6) is 0 Å². The Morgan fingerprint density at radius 3 is 2.67 bits per heavy atom. The average molecular weight is 324 g/mol. The van der Waals surface area contributed by atoms with Crippen LogP contribution in [0.1, 0.15) is 35.5 Å². The number of piperidine rings is 1. The summed E-state index contributed by atoms with van der Waals surface area (Å²) in [6.45, 7) is 5.42. The first-order valence-corrected chi connectivity index (χ1v) is 9.20. The fourth-order valence-electron chi connectivity index (χ4n) is 4.38. The van der Waals surface area contributed by atoms with E-state index in [0.29, 0.717) is 12.1 Å². The second kappa shape index (κ2) is 6.69. The number of hydrogen-bond acceptors (Lipinski definition) is 3. The topological polar surface area (TPSA) is 35.2 Å². The van der Waals surface area contributed by atoms with Crippen molar-refractivity contribution in [2.45, 2.75) is 51.2 Å². The van der Waals surface area contributed by atoms with Crippen LogP contribution in [0.25, 0.3) is 0 Å². The number of fused-ring (bicyclic) bond motifs is 1. The van der Waals surface area contributed by atoms with Crippen molar-refractivity contribution in [3.63, 3.8) is 0 Å². The zero-order valence-electron chi connectivity index (χ0n) is 14.8. The number of aromatic amines is 1. The number of aryl methyl sites for hydroxylation is 1. The molecule has 4 nitrogen and oxygen atoms in total. The Balaban J connectivity index is 1.37. The quantitative estimate of drug-likeness (QED) is 0.939. The molecule has 4 rings (SSSR count). The normalized spacial score (nSPS) is 22.2. The van der Waals surface area contributed by atoms with Crippen LogP contribution in [0, 0.1) is 6.92 Å². The van der Waals surface area contributed by atoms with Crippen molar-refractivity contribution >= 4 is 0 Å². The minimum atomic E-state index is 0.632. The highest BCUT2D eigenvalue weighted by Gasteiger charge is 2.31. The second-order valence-corrected chi connectivity index (χ2v) is 7.55. The molecule has 0 spiro atoms. The highest BCUT2D eigenvalue weighted by atomic mass is 15.2. The van der Waals surface area contributed by atoms with Gasteiger partial charge in [-0.05, 0) is 57.3 Å². The number of benzene rings is 1. The molecular formula is C20H28N4. The summed E-state index contributed by atoms with van der Waals surface area (Å²) in [4.78, 5) is 13.0. The van der Waals surface area contributed by atoms with E-state index in [1.807, 2.05) is 6.20 Å². The maximum atomic E-state index is 4.46. The van der Waals surface area contributed by atoms with E-state index in [1.165, 1.54) is 38.8 Å². The molecule has 1 N–H and O–H groups in total. The van der Waals surface area contributed by atoms with E-state index in [-0.39, 0.29) is 0 Å². The maximum Gasteiger partial charge on any atom is 0.120 e. The van der Waals surface area contributed by atoms with E-state index in [4.69, 9.17) is 0 Å². The minimum Gasteiger partial charge on any atom is -0.345 e. The Labute approximate surface area is 144 Å². The number of imidazole rings is 1. The number of hydrogen-bond donors (Lipinski definition) is 1. The first-order chi connectivity index (χ1) is 11.7. The van der Waals surface area contributed by atoms with Crippen molar-refractivity contribution in [1.29, 1.82) is 0 Å². The fraction of sp³-hybridized carbons (Fsp3) is 0.550. The molecule has 0 unspecified atom stereocenters. The Morgan fingerprint density at radius 1 is 1.25 bits per heavy atom. The molecule has 2 heterocycles. The molecule has 128 valence electrons. The number of aromatic nitrogens is 2. The third kappa shape index (κ3) is 3.26. The Kier molecular flexibility index (Phi) is 4.42. The summed E-state index contributed by atoms with van der Waals surface area (Å²) in [6, 6.07) is 10.3. The SMILES string of the molecule is Cc1cnc(CN(C)[C@H]2CCCN(C3Cc4ccccc4C3)C2)[nH]1. The van der Waals surface area contributed by atoms with Gasteiger partial charge >= 0.3 is 0 Å². The Bertz CT molecular complexity index is 667. The lowest BCUT2D eigenvalue weighted by molar-refractivity contribution is 0.0824. The lowest BCUT2D eigenvalue weighted by Crippen LogP contribution is -2.50. The fourth-order valence-corrected chi connectivity index (χ4v) is 4.38. The van der Waals surface area contributed by atoms with Crippen molar-refractivity contribution in [1.82, 2.24) is 19.8 Å². The standard InChI is InChI=1S/C20H28N4/c1-15-12-21-20(22-15)14-23(2)18-8-5-9-24(13-18)19-10-16-6-3-4-7-17(16)11-19/h3-4,6-7,12,18-19H,5,8-11,13-14H2,1-2H3,(H,21,22)/t18-/m0/s1. The van der Waals surface area contributed by atoms with Crippen LogP contribution < -0.4 is 0 Å². The molecule has 1 atom stereocenters. The van der Waals surface area contributed by atoms with Crippen LogP contribution in [-0.4, -0.2) is 52.0 Å². The zero-order valence-corrected chi connectivity index (χ0v) is 14.8. The molecule has 24 heavy (non-hydrogen) atoms. The van der Waals surface area contributed by atoms with Crippen molar-refractivity contribution < 1.29 is 0 Å². The molecule has 1 aromatic heterocycles. The van der Waals surface area contributed by atoms with Crippen LogP contribution in [0.2, 0.25) is 0 Å². The van der Waals surface area contributed by atoms with Gasteiger partial charge in [-0.3, -0.25) is 9.80 Å². The van der Waals surface area contributed by atoms with Crippen molar-refractivity contribution in [3.8, 4) is 0 Å². The van der Waals surface area contributed by atoms with Crippen LogP contribution >= 0.6 is 0 Å². The van der Waals surface area contributed by atoms with Gasteiger partial charge in [0.15, 0.2) is 0 Å². The van der Waals surface area contributed by atoms with Crippen molar-refractivity contribution in [3.05, 3.63) is 53.1 Å². The summed E-state index contributed by atoms with van der Waals surface area (Å²) in [5.41, 5.74) is 4.26. The summed E-state index contributed by atoms with van der Waals surface area (Å²) in [5, 5.41) is 0. The lowest BCUT2D eigenvalue weighted by atomic mass is 10.0. The van der Waals surface area contributed by atoms with Crippen molar-refractivity contribution in [2.24, 2.45) is 0 Å². The monoisotopic (exact) mass is 324 g/mol. The summed E-state index contributed by atoms with van der Waals surface area (Å²) in [5.74, 6) is 1.08. The molecule has 0 amide bonds. The zero-order chi connectivity index (χ0) is 16.5. The van der Waals surface area contributed by atoms with Gasteiger partial charge in [0.25, 0.3) is 0 Å². The van der Waals surface area contributed by atoms with Gasteiger partial charge in [0.1, 0.15) is 5.82 Å². The number of H-pyrrole nitrogens is 1. The van der Waals surface area contributed by atoms with E-state index in [9.17, 15) is 0 Å². The smallest absolute Gasteiger partial charge is 0.120 e. The predicted molar refractivity (Wildman–Crippen MR) is 97.0 cm³/mol. The number of nitrogens with one attached hydrogen (secondary N) is 1. The molecule has 1 aliphatic carbocycles. The van der Waals surface area contributed by atoms with Crippen molar-refractivity contribution in [2.75, 3.05) is 20.1 Å². The van der Waals surface area contributed by atoms with Gasteiger partial charge in [-0.15, -0.1) is 0 Å². The second-order valence-electron chi connectivity index (χ2n) is 7.55. The molecule has 0 radical (unpaired) electrons.